The molecule has 0 aliphatic heterocycles. The molecule has 1 aromatic rings. The lowest BCUT2D eigenvalue weighted by Crippen LogP contribution is -2.44. The fraction of sp³-hybridized carbons (Fsp3) is 0.400. The van der Waals surface area contributed by atoms with Crippen LogP contribution in [0.25, 0.3) is 0 Å². The van der Waals surface area contributed by atoms with Gasteiger partial charge in [0.25, 0.3) is 0 Å². The van der Waals surface area contributed by atoms with Crippen molar-refractivity contribution in [1.82, 2.24) is 0 Å². The predicted molar refractivity (Wildman–Crippen MR) is 56.0 cm³/mol. The Hall–Kier alpha value is -0.800. The van der Waals surface area contributed by atoms with Crippen molar-refractivity contribution in [3.05, 3.63) is 29.0 Å². The van der Waals surface area contributed by atoms with E-state index in [0.29, 0.717) is 12.1 Å². The highest BCUT2D eigenvalue weighted by Crippen LogP contribution is 2.25. The SMILES string of the molecule is NC1CC(Nc2ccc(F)c(Cl)c2)C1. The van der Waals surface area contributed by atoms with E-state index in [9.17, 15) is 4.39 Å². The maximum atomic E-state index is 12.8. The van der Waals surface area contributed by atoms with Crippen LogP contribution in [-0.4, -0.2) is 12.1 Å². The second-order valence-electron chi connectivity index (χ2n) is 3.70. The number of rotatable bonds is 2. The summed E-state index contributed by atoms with van der Waals surface area (Å²) in [5, 5.41) is 3.40. The fourth-order valence-electron chi connectivity index (χ4n) is 1.60. The molecule has 4 heteroatoms. The van der Waals surface area contributed by atoms with E-state index in [1.165, 1.54) is 6.07 Å². The molecular formula is C10H12ClFN2. The normalized spacial score (nSPS) is 25.6. The molecule has 1 saturated carbocycles. The number of anilines is 1. The molecule has 0 spiro atoms. The summed E-state index contributed by atoms with van der Waals surface area (Å²) in [5.74, 6) is -0.387. The van der Waals surface area contributed by atoms with Gasteiger partial charge >= 0.3 is 0 Å². The van der Waals surface area contributed by atoms with E-state index in [2.05, 4.69) is 5.32 Å². The van der Waals surface area contributed by atoms with Gasteiger partial charge in [-0.05, 0) is 31.0 Å². The molecule has 0 saturated heterocycles. The van der Waals surface area contributed by atoms with E-state index in [1.807, 2.05) is 0 Å². The van der Waals surface area contributed by atoms with Crippen LogP contribution in [0.3, 0.4) is 0 Å². The molecule has 2 nitrogen and oxygen atoms in total. The summed E-state index contributed by atoms with van der Waals surface area (Å²) < 4.78 is 12.8. The first-order valence-corrected chi connectivity index (χ1v) is 5.00. The Morgan fingerprint density at radius 1 is 1.43 bits per heavy atom. The Bertz CT molecular complexity index is 337. The molecule has 2 rings (SSSR count). The summed E-state index contributed by atoms with van der Waals surface area (Å²) in [6, 6.07) is 5.37. The highest BCUT2D eigenvalue weighted by atomic mass is 35.5. The molecular weight excluding hydrogens is 203 g/mol. The van der Waals surface area contributed by atoms with Gasteiger partial charge in [-0.1, -0.05) is 11.6 Å². The molecule has 1 aliphatic carbocycles. The molecule has 0 radical (unpaired) electrons. The lowest BCUT2D eigenvalue weighted by molar-refractivity contribution is 0.373. The highest BCUT2D eigenvalue weighted by molar-refractivity contribution is 6.31. The van der Waals surface area contributed by atoms with Gasteiger partial charge in [-0.2, -0.15) is 0 Å². The average molecular weight is 215 g/mol. The van der Waals surface area contributed by atoms with Crippen molar-refractivity contribution in [3.63, 3.8) is 0 Å². The van der Waals surface area contributed by atoms with Crippen molar-refractivity contribution >= 4 is 17.3 Å². The maximum absolute atomic E-state index is 12.8. The van der Waals surface area contributed by atoms with Gasteiger partial charge in [0.2, 0.25) is 0 Å². The van der Waals surface area contributed by atoms with Crippen LogP contribution in [0.15, 0.2) is 18.2 Å². The molecule has 1 fully saturated rings. The second kappa shape index (κ2) is 3.75. The Morgan fingerprint density at radius 2 is 2.14 bits per heavy atom. The second-order valence-corrected chi connectivity index (χ2v) is 4.11. The van der Waals surface area contributed by atoms with Gasteiger partial charge in [-0.25, -0.2) is 4.39 Å². The third-order valence-corrected chi connectivity index (χ3v) is 2.75. The number of nitrogens with one attached hydrogen (secondary N) is 1. The van der Waals surface area contributed by atoms with Crippen LogP contribution in [0.4, 0.5) is 10.1 Å². The number of hydrogen-bond donors (Lipinski definition) is 2. The van der Waals surface area contributed by atoms with Crippen LogP contribution in [0.1, 0.15) is 12.8 Å². The smallest absolute Gasteiger partial charge is 0.141 e. The summed E-state index contributed by atoms with van der Waals surface area (Å²) in [6.07, 6.45) is 1.93. The first-order valence-electron chi connectivity index (χ1n) is 4.62. The van der Waals surface area contributed by atoms with Gasteiger partial charge in [0, 0.05) is 17.8 Å². The average Bonchev–Trinajstić information content (AvgIpc) is 2.09. The number of benzene rings is 1. The molecule has 3 N–H and O–H groups in total. The molecule has 0 atom stereocenters. The lowest BCUT2D eigenvalue weighted by Gasteiger charge is -2.33. The molecule has 0 amide bonds. The standard InChI is InChI=1S/C10H12ClFN2/c11-9-5-7(1-2-10(9)12)14-8-3-6(13)4-8/h1-2,5-6,8,14H,3-4,13H2. The quantitative estimate of drug-likeness (QED) is 0.794. The number of halogens is 2. The maximum Gasteiger partial charge on any atom is 0.141 e. The summed E-state index contributed by atoms with van der Waals surface area (Å²) in [7, 11) is 0. The first-order chi connectivity index (χ1) is 6.65. The van der Waals surface area contributed by atoms with Crippen molar-refractivity contribution in [2.75, 3.05) is 5.32 Å². The Balaban J connectivity index is 2.00. The van der Waals surface area contributed by atoms with Gasteiger partial charge in [-0.15, -0.1) is 0 Å². The molecule has 1 aromatic carbocycles. The molecule has 1 aliphatic rings. The fourth-order valence-corrected chi connectivity index (χ4v) is 1.78. The van der Waals surface area contributed by atoms with Crippen LogP contribution in [-0.2, 0) is 0 Å². The van der Waals surface area contributed by atoms with E-state index >= 15 is 0 Å². The molecule has 76 valence electrons. The van der Waals surface area contributed by atoms with Crippen LogP contribution in [0.5, 0.6) is 0 Å². The summed E-state index contributed by atoms with van der Waals surface area (Å²) in [5.41, 5.74) is 6.51. The van der Waals surface area contributed by atoms with Crippen molar-refractivity contribution in [2.24, 2.45) is 5.73 Å². The zero-order valence-corrected chi connectivity index (χ0v) is 8.39. The van der Waals surface area contributed by atoms with E-state index in [4.69, 9.17) is 17.3 Å². The lowest BCUT2D eigenvalue weighted by atomic mass is 9.87. The monoisotopic (exact) mass is 214 g/mol. The third kappa shape index (κ3) is 1.99. The molecule has 0 heterocycles. The van der Waals surface area contributed by atoms with Crippen molar-refractivity contribution in [1.29, 1.82) is 0 Å². The van der Waals surface area contributed by atoms with Gasteiger partial charge in [0.15, 0.2) is 0 Å². The van der Waals surface area contributed by atoms with Crippen LogP contribution in [0.2, 0.25) is 5.02 Å². The summed E-state index contributed by atoms with van der Waals surface area (Å²) in [4.78, 5) is 0. The van der Waals surface area contributed by atoms with Gasteiger partial charge < -0.3 is 11.1 Å². The molecule has 14 heavy (non-hydrogen) atoms. The van der Waals surface area contributed by atoms with Crippen LogP contribution >= 0.6 is 11.6 Å². The topological polar surface area (TPSA) is 38.0 Å². The van der Waals surface area contributed by atoms with E-state index < -0.39 is 0 Å². The largest absolute Gasteiger partial charge is 0.382 e. The summed E-state index contributed by atoms with van der Waals surface area (Å²) in [6.45, 7) is 0. The summed E-state index contributed by atoms with van der Waals surface area (Å²) >= 11 is 5.65. The number of nitrogens with two attached hydrogens (primary N) is 1. The Morgan fingerprint density at radius 3 is 2.71 bits per heavy atom. The van der Waals surface area contributed by atoms with E-state index in [0.717, 1.165) is 18.5 Å². The molecule has 0 unspecified atom stereocenters. The van der Waals surface area contributed by atoms with E-state index in [1.54, 1.807) is 12.1 Å². The van der Waals surface area contributed by atoms with Crippen molar-refractivity contribution < 1.29 is 4.39 Å². The highest BCUT2D eigenvalue weighted by Gasteiger charge is 2.25. The van der Waals surface area contributed by atoms with Crippen molar-refractivity contribution in [3.8, 4) is 0 Å². The minimum atomic E-state index is -0.387. The van der Waals surface area contributed by atoms with E-state index in [-0.39, 0.29) is 10.8 Å². The van der Waals surface area contributed by atoms with Crippen LogP contribution in [0, 0.1) is 5.82 Å². The first kappa shape index (κ1) is 9.74. The van der Waals surface area contributed by atoms with Gasteiger partial charge in [-0.3, -0.25) is 0 Å². The van der Waals surface area contributed by atoms with Gasteiger partial charge in [0.1, 0.15) is 5.82 Å². The molecule has 0 bridgehead atoms. The third-order valence-electron chi connectivity index (χ3n) is 2.46. The minimum absolute atomic E-state index is 0.152. The van der Waals surface area contributed by atoms with Gasteiger partial charge in [0.05, 0.1) is 5.02 Å². The Labute approximate surface area is 87.2 Å². The zero-order chi connectivity index (χ0) is 10.1. The van der Waals surface area contributed by atoms with Crippen LogP contribution < -0.4 is 11.1 Å². The minimum Gasteiger partial charge on any atom is -0.382 e. The number of hydrogen-bond acceptors (Lipinski definition) is 2. The zero-order valence-electron chi connectivity index (χ0n) is 7.63. The molecule has 0 aromatic heterocycles. The predicted octanol–water partition coefficient (Wildman–Crippen LogP) is 2.38. The Kier molecular flexibility index (Phi) is 2.61. The van der Waals surface area contributed by atoms with Crippen molar-refractivity contribution in [2.45, 2.75) is 24.9 Å².